The highest BCUT2D eigenvalue weighted by atomic mass is 79.9. The fraction of sp³-hybridized carbons (Fsp3) is 0.444. The molecule has 8 nitrogen and oxygen atoms in total. The predicted molar refractivity (Wildman–Crippen MR) is 107 cm³/mol. The molecule has 0 unspecified atom stereocenters. The Balaban J connectivity index is 1.54. The Kier molecular flexibility index (Phi) is 4.86. The Morgan fingerprint density at radius 1 is 1.33 bits per heavy atom. The molecule has 0 aliphatic heterocycles. The Morgan fingerprint density at radius 3 is 2.89 bits per heavy atom. The number of aromatic nitrogens is 4. The maximum absolute atomic E-state index is 12.4. The number of carbonyl (C=O) groups is 1. The molecule has 4 rings (SSSR count). The van der Waals surface area contributed by atoms with Crippen molar-refractivity contribution in [2.24, 2.45) is 17.8 Å². The van der Waals surface area contributed by atoms with Crippen molar-refractivity contribution in [3.63, 3.8) is 0 Å². The van der Waals surface area contributed by atoms with Crippen LogP contribution in [0.1, 0.15) is 13.3 Å². The molecule has 0 radical (unpaired) electrons. The maximum Gasteiger partial charge on any atom is 0.229 e. The first-order valence-corrected chi connectivity index (χ1v) is 9.86. The zero-order chi connectivity index (χ0) is 19.0. The number of nitrogens with one attached hydrogen (secondary N) is 3. The first-order chi connectivity index (χ1) is 13.1. The third kappa shape index (κ3) is 3.43. The molecule has 27 heavy (non-hydrogen) atoms. The van der Waals surface area contributed by atoms with Gasteiger partial charge in [-0.2, -0.15) is 10.1 Å². The summed E-state index contributed by atoms with van der Waals surface area (Å²) in [7, 11) is 1.69. The molecule has 0 spiro atoms. The lowest BCUT2D eigenvalue weighted by molar-refractivity contribution is -0.125. The molecule has 1 fully saturated rings. The number of hydrogen-bond acceptors (Lipinski definition) is 6. The van der Waals surface area contributed by atoms with E-state index in [4.69, 9.17) is 0 Å². The van der Waals surface area contributed by atoms with Crippen LogP contribution in [0.2, 0.25) is 0 Å². The van der Waals surface area contributed by atoms with Crippen molar-refractivity contribution in [1.29, 1.82) is 0 Å². The molecule has 0 aromatic carbocycles. The summed E-state index contributed by atoms with van der Waals surface area (Å²) in [4.78, 5) is 21.3. The zero-order valence-electron chi connectivity index (χ0n) is 15.2. The van der Waals surface area contributed by atoms with Gasteiger partial charge in [-0.05, 0) is 41.1 Å². The van der Waals surface area contributed by atoms with Crippen molar-refractivity contribution in [3.8, 4) is 0 Å². The molecule has 9 heteroatoms. The number of allylic oxidation sites excluding steroid dienone is 1. The maximum atomic E-state index is 12.4. The molecule has 2 aromatic heterocycles. The molecule has 1 saturated carbocycles. The van der Waals surface area contributed by atoms with Gasteiger partial charge in [-0.25, -0.2) is 4.98 Å². The molecule has 142 valence electrons. The van der Waals surface area contributed by atoms with Crippen LogP contribution in [-0.4, -0.2) is 38.7 Å². The third-order valence-corrected chi connectivity index (χ3v) is 5.85. The molecule has 2 aliphatic carbocycles. The van der Waals surface area contributed by atoms with Crippen molar-refractivity contribution >= 4 is 39.3 Å². The zero-order valence-corrected chi connectivity index (χ0v) is 16.8. The second-order valence-corrected chi connectivity index (χ2v) is 7.71. The van der Waals surface area contributed by atoms with E-state index in [9.17, 15) is 4.79 Å². The number of nitrogens with zero attached hydrogens (tertiary/aromatic N) is 4. The first-order valence-electron chi connectivity index (χ1n) is 9.07. The lowest BCUT2D eigenvalue weighted by atomic mass is 9.88. The third-order valence-electron chi connectivity index (χ3n) is 5.27. The summed E-state index contributed by atoms with van der Waals surface area (Å²) in [5.41, 5.74) is 0.830. The van der Waals surface area contributed by atoms with E-state index in [-0.39, 0.29) is 23.8 Å². The molecule has 1 amide bonds. The van der Waals surface area contributed by atoms with Crippen LogP contribution >= 0.6 is 15.9 Å². The van der Waals surface area contributed by atoms with Crippen LogP contribution in [0.25, 0.3) is 0 Å². The van der Waals surface area contributed by atoms with Crippen LogP contribution in [0.5, 0.6) is 0 Å². The van der Waals surface area contributed by atoms with Crippen molar-refractivity contribution in [1.82, 2.24) is 25.1 Å². The largest absolute Gasteiger partial charge is 0.365 e. The van der Waals surface area contributed by atoms with Crippen LogP contribution in [-0.2, 0) is 11.3 Å². The van der Waals surface area contributed by atoms with Crippen LogP contribution in [0.3, 0.4) is 0 Å². The Labute approximate surface area is 166 Å². The summed E-state index contributed by atoms with van der Waals surface area (Å²) < 4.78 is 2.59. The SMILES string of the molecule is CCn1cc(Nc2ncc(Br)c(N[C@@H]3[C@H](C(=O)NC)[C@H]4C=C[C@@H]3C4)n2)cn1. The summed E-state index contributed by atoms with van der Waals surface area (Å²) in [6.07, 6.45) is 10.7. The first kappa shape index (κ1) is 18.0. The van der Waals surface area contributed by atoms with Gasteiger partial charge in [0.2, 0.25) is 11.9 Å². The number of aryl methyl sites for hydroxylation is 1. The Hall–Kier alpha value is -2.42. The number of halogens is 1. The monoisotopic (exact) mass is 431 g/mol. The van der Waals surface area contributed by atoms with E-state index >= 15 is 0 Å². The number of amides is 1. The summed E-state index contributed by atoms with van der Waals surface area (Å²) >= 11 is 3.52. The topological polar surface area (TPSA) is 96.8 Å². The average molecular weight is 432 g/mol. The predicted octanol–water partition coefficient (Wildman–Crippen LogP) is 2.55. The van der Waals surface area contributed by atoms with Gasteiger partial charge in [0.1, 0.15) is 5.82 Å². The van der Waals surface area contributed by atoms with Crippen LogP contribution in [0.15, 0.2) is 35.2 Å². The van der Waals surface area contributed by atoms with E-state index < -0.39 is 0 Å². The van der Waals surface area contributed by atoms with Gasteiger partial charge >= 0.3 is 0 Å². The molecule has 2 aromatic rings. The van der Waals surface area contributed by atoms with Gasteiger partial charge in [-0.15, -0.1) is 0 Å². The second-order valence-electron chi connectivity index (χ2n) is 6.86. The minimum absolute atomic E-state index is 0.0156. The van der Waals surface area contributed by atoms with E-state index in [2.05, 4.69) is 59.1 Å². The van der Waals surface area contributed by atoms with Gasteiger partial charge in [0.25, 0.3) is 0 Å². The van der Waals surface area contributed by atoms with E-state index in [1.165, 1.54) is 0 Å². The summed E-state index contributed by atoms with van der Waals surface area (Å²) in [5, 5.41) is 13.7. The van der Waals surface area contributed by atoms with Crippen LogP contribution in [0, 0.1) is 17.8 Å². The number of hydrogen-bond donors (Lipinski definition) is 3. The summed E-state index contributed by atoms with van der Waals surface area (Å²) in [6, 6.07) is 0.0156. The van der Waals surface area contributed by atoms with Crippen molar-refractivity contribution in [2.75, 3.05) is 17.7 Å². The Bertz CT molecular complexity index is 880. The van der Waals surface area contributed by atoms with Crippen molar-refractivity contribution < 1.29 is 4.79 Å². The average Bonchev–Trinajstić information content (AvgIpc) is 3.40. The highest BCUT2D eigenvalue weighted by Crippen LogP contribution is 2.45. The molecular weight excluding hydrogens is 410 g/mol. The van der Waals surface area contributed by atoms with E-state index in [0.29, 0.717) is 17.7 Å². The van der Waals surface area contributed by atoms with Gasteiger partial charge in [-0.1, -0.05) is 12.2 Å². The van der Waals surface area contributed by atoms with Gasteiger partial charge in [-0.3, -0.25) is 9.48 Å². The molecule has 4 atom stereocenters. The number of rotatable bonds is 6. The normalized spacial score (nSPS) is 25.6. The fourth-order valence-corrected chi connectivity index (χ4v) is 4.27. The summed E-state index contributed by atoms with van der Waals surface area (Å²) in [6.45, 7) is 2.83. The molecule has 2 bridgehead atoms. The lowest BCUT2D eigenvalue weighted by Crippen LogP contribution is -2.42. The second kappa shape index (κ2) is 7.30. The molecular formula is C18H22BrN7O. The van der Waals surface area contributed by atoms with Crippen LogP contribution in [0.4, 0.5) is 17.5 Å². The molecule has 2 aliphatic rings. The highest BCUT2D eigenvalue weighted by molar-refractivity contribution is 9.10. The van der Waals surface area contributed by atoms with Crippen LogP contribution < -0.4 is 16.0 Å². The van der Waals surface area contributed by atoms with E-state index in [1.807, 2.05) is 17.8 Å². The molecule has 3 N–H and O–H groups in total. The minimum atomic E-state index is -0.0916. The molecule has 2 heterocycles. The van der Waals surface area contributed by atoms with Gasteiger partial charge in [0, 0.05) is 32.0 Å². The number of fused-ring (bicyclic) bond motifs is 2. The summed E-state index contributed by atoms with van der Waals surface area (Å²) in [5.74, 6) is 1.75. The van der Waals surface area contributed by atoms with Crippen molar-refractivity contribution in [3.05, 3.63) is 35.2 Å². The minimum Gasteiger partial charge on any atom is -0.365 e. The number of carbonyl (C=O) groups excluding carboxylic acids is 1. The van der Waals surface area contributed by atoms with Crippen molar-refractivity contribution in [2.45, 2.75) is 25.9 Å². The van der Waals surface area contributed by atoms with E-state index in [1.54, 1.807) is 19.4 Å². The standard InChI is InChI=1S/C18H22BrN7O/c1-3-26-9-12(7-22-26)23-18-21-8-13(19)16(25-18)24-15-11-5-4-10(6-11)14(15)17(27)20-2/h4-5,7-11,14-15H,3,6H2,1-2H3,(H,20,27)(H2,21,23,24,25)/t10-,11+,14+,15-/m0/s1. The number of anilines is 3. The highest BCUT2D eigenvalue weighted by Gasteiger charge is 2.48. The Morgan fingerprint density at radius 2 is 2.15 bits per heavy atom. The van der Waals surface area contributed by atoms with Gasteiger partial charge < -0.3 is 16.0 Å². The van der Waals surface area contributed by atoms with E-state index in [0.717, 1.165) is 23.1 Å². The molecule has 0 saturated heterocycles. The fourth-order valence-electron chi connectivity index (χ4n) is 3.96. The smallest absolute Gasteiger partial charge is 0.229 e. The quantitative estimate of drug-likeness (QED) is 0.608. The van der Waals surface area contributed by atoms with Gasteiger partial charge in [0.05, 0.1) is 22.3 Å². The van der Waals surface area contributed by atoms with Gasteiger partial charge in [0.15, 0.2) is 0 Å². The lowest BCUT2D eigenvalue weighted by Gasteiger charge is -2.28.